The lowest BCUT2D eigenvalue weighted by Crippen LogP contribution is -1.97. The average molecular weight is 440 g/mol. The summed E-state index contributed by atoms with van der Waals surface area (Å²) in [6.07, 6.45) is 1.91. The van der Waals surface area contributed by atoms with Gasteiger partial charge in [-0.15, -0.1) is 0 Å². The van der Waals surface area contributed by atoms with Crippen LogP contribution in [0.3, 0.4) is 0 Å². The maximum Gasteiger partial charge on any atom is 0.144 e. The van der Waals surface area contributed by atoms with Crippen LogP contribution < -0.4 is 0 Å². The van der Waals surface area contributed by atoms with Crippen LogP contribution in [-0.2, 0) is 0 Å². The Kier molecular flexibility index (Phi) is 5.00. The first kappa shape index (κ1) is 20.4. The van der Waals surface area contributed by atoms with Gasteiger partial charge in [0.15, 0.2) is 0 Å². The first-order valence-corrected chi connectivity index (χ1v) is 11.7. The minimum Gasteiger partial charge on any atom is -0.455 e. The number of benzene rings is 4. The Hall–Kier alpha value is -4.17. The monoisotopic (exact) mass is 439 g/mol. The number of rotatable bonds is 4. The van der Waals surface area contributed by atoms with E-state index in [0.717, 1.165) is 38.8 Å². The quantitative estimate of drug-likeness (QED) is 0.274. The molecule has 0 fully saturated rings. The molecule has 0 spiro atoms. The van der Waals surface area contributed by atoms with Crippen molar-refractivity contribution in [1.29, 1.82) is 0 Å². The average Bonchev–Trinajstić information content (AvgIpc) is 3.30. The minimum atomic E-state index is 0.282. The molecule has 6 rings (SSSR count). The lowest BCUT2D eigenvalue weighted by atomic mass is 9.92. The molecule has 4 aromatic carbocycles. The highest BCUT2D eigenvalue weighted by Gasteiger charge is 2.18. The van der Waals surface area contributed by atoms with Gasteiger partial charge in [-0.05, 0) is 52.9 Å². The van der Waals surface area contributed by atoms with Gasteiger partial charge in [-0.3, -0.25) is 4.98 Å². The number of hydrogen-bond acceptors (Lipinski definition) is 2. The van der Waals surface area contributed by atoms with Crippen LogP contribution in [0.5, 0.6) is 0 Å². The molecule has 0 aliphatic carbocycles. The summed E-state index contributed by atoms with van der Waals surface area (Å²) in [5.74, 6) is 0.282. The Labute approximate surface area is 199 Å². The Morgan fingerprint density at radius 3 is 2.24 bits per heavy atom. The van der Waals surface area contributed by atoms with E-state index in [1.807, 2.05) is 6.20 Å². The second kappa shape index (κ2) is 8.31. The van der Waals surface area contributed by atoms with Gasteiger partial charge in [0.25, 0.3) is 0 Å². The van der Waals surface area contributed by atoms with Crippen LogP contribution in [0.15, 0.2) is 114 Å². The molecule has 0 saturated carbocycles. The Bertz CT molecular complexity index is 1610. The summed E-state index contributed by atoms with van der Waals surface area (Å²) in [5.41, 5.74) is 9.84. The maximum absolute atomic E-state index is 6.58. The summed E-state index contributed by atoms with van der Waals surface area (Å²) in [5, 5.41) is 2.29. The topological polar surface area (TPSA) is 26.0 Å². The molecule has 1 atom stereocenters. The second-order valence-corrected chi connectivity index (χ2v) is 8.89. The number of aromatic nitrogens is 1. The van der Waals surface area contributed by atoms with Crippen LogP contribution in [-0.4, -0.2) is 4.98 Å². The molecule has 0 aliphatic rings. The van der Waals surface area contributed by atoms with Gasteiger partial charge in [-0.2, -0.15) is 0 Å². The standard InChI is InChI=1S/C32H25NO/c1-21-16-17-26(24-12-7-4-8-13-24)30-28-15-9-14-27(32(28)34-31(21)30)29-20-25(18-19-33-29)22(2)23-10-5-3-6-11-23/h3-20,22H,1-2H3. The van der Waals surface area contributed by atoms with Crippen molar-refractivity contribution in [3.8, 4) is 22.4 Å². The third-order valence-electron chi connectivity index (χ3n) is 6.79. The maximum atomic E-state index is 6.58. The molecule has 1 unspecified atom stereocenters. The van der Waals surface area contributed by atoms with Gasteiger partial charge in [0.2, 0.25) is 0 Å². The fraction of sp³-hybridized carbons (Fsp3) is 0.0938. The van der Waals surface area contributed by atoms with E-state index < -0.39 is 0 Å². The van der Waals surface area contributed by atoms with Gasteiger partial charge in [-0.1, -0.05) is 91.9 Å². The molecule has 0 N–H and O–H groups in total. The molecule has 0 amide bonds. The highest BCUT2D eigenvalue weighted by molar-refractivity contribution is 6.15. The van der Waals surface area contributed by atoms with E-state index in [0.29, 0.717) is 0 Å². The lowest BCUT2D eigenvalue weighted by molar-refractivity contribution is 0.666. The number of nitrogens with zero attached hydrogens (tertiary/aromatic N) is 1. The molecule has 164 valence electrons. The Morgan fingerprint density at radius 2 is 1.44 bits per heavy atom. The van der Waals surface area contributed by atoms with E-state index in [2.05, 4.69) is 117 Å². The fourth-order valence-corrected chi connectivity index (χ4v) is 4.89. The summed E-state index contributed by atoms with van der Waals surface area (Å²) in [4.78, 5) is 4.75. The number of hydrogen-bond donors (Lipinski definition) is 0. The number of pyridine rings is 1. The SMILES string of the molecule is Cc1ccc(-c2ccccc2)c2c1oc1c(-c3cc(C(C)c4ccccc4)ccn3)cccc12. The van der Waals surface area contributed by atoms with Crippen molar-refractivity contribution < 1.29 is 4.42 Å². The summed E-state index contributed by atoms with van der Waals surface area (Å²) >= 11 is 0. The number of furan rings is 1. The van der Waals surface area contributed by atoms with Crippen molar-refractivity contribution in [2.75, 3.05) is 0 Å². The summed E-state index contributed by atoms with van der Waals surface area (Å²) in [6.45, 7) is 4.35. The van der Waals surface area contributed by atoms with Crippen LogP contribution in [0, 0.1) is 6.92 Å². The van der Waals surface area contributed by atoms with E-state index >= 15 is 0 Å². The van der Waals surface area contributed by atoms with E-state index in [1.54, 1.807) is 0 Å². The highest BCUT2D eigenvalue weighted by atomic mass is 16.3. The third kappa shape index (κ3) is 3.39. The van der Waals surface area contributed by atoms with E-state index in [9.17, 15) is 0 Å². The number of para-hydroxylation sites is 1. The normalized spacial score (nSPS) is 12.3. The van der Waals surface area contributed by atoms with Crippen molar-refractivity contribution in [3.63, 3.8) is 0 Å². The van der Waals surface area contributed by atoms with Gasteiger partial charge in [0.05, 0.1) is 5.69 Å². The number of fused-ring (bicyclic) bond motifs is 3. The fourth-order valence-electron chi connectivity index (χ4n) is 4.89. The molecular formula is C32H25NO. The minimum absolute atomic E-state index is 0.282. The van der Waals surface area contributed by atoms with Crippen LogP contribution in [0.2, 0.25) is 0 Å². The molecule has 0 radical (unpaired) electrons. The predicted molar refractivity (Wildman–Crippen MR) is 141 cm³/mol. The molecule has 6 aromatic rings. The zero-order valence-corrected chi connectivity index (χ0v) is 19.3. The lowest BCUT2D eigenvalue weighted by Gasteiger charge is -2.13. The Balaban J connectivity index is 1.55. The van der Waals surface area contributed by atoms with Crippen molar-refractivity contribution in [3.05, 3.63) is 126 Å². The van der Waals surface area contributed by atoms with Crippen molar-refractivity contribution in [2.24, 2.45) is 0 Å². The van der Waals surface area contributed by atoms with Crippen molar-refractivity contribution in [2.45, 2.75) is 19.8 Å². The molecule has 0 aliphatic heterocycles. The van der Waals surface area contributed by atoms with Gasteiger partial charge in [0.1, 0.15) is 11.2 Å². The molecule has 2 heterocycles. The van der Waals surface area contributed by atoms with Crippen LogP contribution in [0.4, 0.5) is 0 Å². The second-order valence-electron chi connectivity index (χ2n) is 8.89. The van der Waals surface area contributed by atoms with E-state index in [4.69, 9.17) is 9.40 Å². The van der Waals surface area contributed by atoms with Crippen molar-refractivity contribution in [1.82, 2.24) is 4.98 Å². The molecule has 2 nitrogen and oxygen atoms in total. The zero-order chi connectivity index (χ0) is 23.1. The smallest absolute Gasteiger partial charge is 0.144 e. The largest absolute Gasteiger partial charge is 0.455 e. The van der Waals surface area contributed by atoms with Gasteiger partial charge >= 0.3 is 0 Å². The van der Waals surface area contributed by atoms with Gasteiger partial charge in [0, 0.05) is 28.5 Å². The highest BCUT2D eigenvalue weighted by Crippen LogP contribution is 2.41. The summed E-state index contributed by atoms with van der Waals surface area (Å²) < 4.78 is 6.58. The molecule has 2 heteroatoms. The number of aryl methyl sites for hydroxylation is 1. The Morgan fingerprint density at radius 1 is 0.676 bits per heavy atom. The van der Waals surface area contributed by atoms with Gasteiger partial charge in [-0.25, -0.2) is 0 Å². The van der Waals surface area contributed by atoms with E-state index in [1.165, 1.54) is 22.3 Å². The first-order valence-electron chi connectivity index (χ1n) is 11.7. The summed E-state index contributed by atoms with van der Waals surface area (Å²) in [6, 6.07) is 36.2. The van der Waals surface area contributed by atoms with Crippen molar-refractivity contribution >= 4 is 21.9 Å². The van der Waals surface area contributed by atoms with Crippen LogP contribution in [0.1, 0.15) is 29.5 Å². The molecule has 0 bridgehead atoms. The van der Waals surface area contributed by atoms with E-state index in [-0.39, 0.29) is 5.92 Å². The molecule has 0 saturated heterocycles. The molecule has 2 aromatic heterocycles. The first-order chi connectivity index (χ1) is 16.7. The van der Waals surface area contributed by atoms with Crippen LogP contribution in [0.25, 0.3) is 44.3 Å². The van der Waals surface area contributed by atoms with Gasteiger partial charge < -0.3 is 4.42 Å². The zero-order valence-electron chi connectivity index (χ0n) is 19.3. The molecular weight excluding hydrogens is 414 g/mol. The third-order valence-corrected chi connectivity index (χ3v) is 6.79. The predicted octanol–water partition coefficient (Wildman–Crippen LogP) is 8.78. The molecule has 34 heavy (non-hydrogen) atoms. The van der Waals surface area contributed by atoms with Crippen LogP contribution >= 0.6 is 0 Å². The summed E-state index contributed by atoms with van der Waals surface area (Å²) in [7, 11) is 0.